The normalized spacial score (nSPS) is 10.8. The van der Waals surface area contributed by atoms with E-state index >= 15 is 0 Å². The first kappa shape index (κ1) is 13.5. The molecule has 0 unspecified atom stereocenters. The van der Waals surface area contributed by atoms with Gasteiger partial charge in [-0.25, -0.2) is 4.98 Å². The number of rotatable bonds is 6. The summed E-state index contributed by atoms with van der Waals surface area (Å²) < 4.78 is 1.90. The van der Waals surface area contributed by atoms with Crippen LogP contribution < -0.4 is 5.32 Å². The van der Waals surface area contributed by atoms with E-state index in [0.717, 1.165) is 30.6 Å². The second-order valence-corrected chi connectivity index (χ2v) is 4.56. The SMILES string of the molecule is Cc1cccc2nc(C(=O)NCCCCCO)cn12. The van der Waals surface area contributed by atoms with Gasteiger partial charge in [-0.15, -0.1) is 0 Å². The molecule has 19 heavy (non-hydrogen) atoms. The Morgan fingerprint density at radius 3 is 2.95 bits per heavy atom. The third-order valence-electron chi connectivity index (χ3n) is 3.05. The molecule has 102 valence electrons. The van der Waals surface area contributed by atoms with Crippen LogP contribution in [0.3, 0.4) is 0 Å². The van der Waals surface area contributed by atoms with E-state index in [-0.39, 0.29) is 12.5 Å². The molecule has 0 saturated heterocycles. The molecule has 0 radical (unpaired) electrons. The summed E-state index contributed by atoms with van der Waals surface area (Å²) in [5.41, 5.74) is 2.27. The second-order valence-electron chi connectivity index (χ2n) is 4.56. The maximum Gasteiger partial charge on any atom is 0.271 e. The molecule has 5 heteroatoms. The van der Waals surface area contributed by atoms with Crippen LogP contribution in [0.5, 0.6) is 0 Å². The number of fused-ring (bicyclic) bond motifs is 1. The van der Waals surface area contributed by atoms with Crippen molar-refractivity contribution < 1.29 is 9.90 Å². The molecule has 0 aliphatic carbocycles. The maximum absolute atomic E-state index is 11.9. The monoisotopic (exact) mass is 261 g/mol. The summed E-state index contributed by atoms with van der Waals surface area (Å²) in [4.78, 5) is 16.2. The van der Waals surface area contributed by atoms with Crippen molar-refractivity contribution in [3.63, 3.8) is 0 Å². The van der Waals surface area contributed by atoms with E-state index in [1.165, 1.54) is 0 Å². The van der Waals surface area contributed by atoms with E-state index in [1.807, 2.05) is 29.5 Å². The number of unbranched alkanes of at least 4 members (excludes halogenated alkanes) is 2. The van der Waals surface area contributed by atoms with Crippen molar-refractivity contribution in [2.75, 3.05) is 13.2 Å². The van der Waals surface area contributed by atoms with Crippen molar-refractivity contribution in [3.8, 4) is 0 Å². The van der Waals surface area contributed by atoms with Crippen molar-refractivity contribution in [3.05, 3.63) is 35.8 Å². The van der Waals surface area contributed by atoms with Gasteiger partial charge in [-0.05, 0) is 38.3 Å². The first-order valence-electron chi connectivity index (χ1n) is 6.56. The first-order chi connectivity index (χ1) is 9.22. The van der Waals surface area contributed by atoms with Gasteiger partial charge in [0.25, 0.3) is 5.91 Å². The number of carbonyl (C=O) groups excluding carboxylic acids is 1. The van der Waals surface area contributed by atoms with Crippen LogP contribution in [0, 0.1) is 6.92 Å². The topological polar surface area (TPSA) is 66.6 Å². The van der Waals surface area contributed by atoms with Crippen molar-refractivity contribution in [2.24, 2.45) is 0 Å². The van der Waals surface area contributed by atoms with Crippen LogP contribution >= 0.6 is 0 Å². The van der Waals surface area contributed by atoms with Crippen molar-refractivity contribution in [1.82, 2.24) is 14.7 Å². The molecule has 0 fully saturated rings. The molecule has 0 bridgehead atoms. The number of nitrogens with one attached hydrogen (secondary N) is 1. The Balaban J connectivity index is 1.96. The molecule has 5 nitrogen and oxygen atoms in total. The van der Waals surface area contributed by atoms with Gasteiger partial charge in [-0.3, -0.25) is 4.79 Å². The summed E-state index contributed by atoms with van der Waals surface area (Å²) in [6, 6.07) is 5.78. The fraction of sp³-hybridized carbons (Fsp3) is 0.429. The number of aliphatic hydroxyl groups is 1. The number of aliphatic hydroxyl groups excluding tert-OH is 1. The van der Waals surface area contributed by atoms with Crippen LogP contribution in [0.2, 0.25) is 0 Å². The zero-order valence-electron chi connectivity index (χ0n) is 11.1. The Hall–Kier alpha value is -1.88. The van der Waals surface area contributed by atoms with Gasteiger partial charge in [0.2, 0.25) is 0 Å². The number of pyridine rings is 1. The first-order valence-corrected chi connectivity index (χ1v) is 6.56. The van der Waals surface area contributed by atoms with Crippen LogP contribution in [-0.2, 0) is 0 Å². The Morgan fingerprint density at radius 1 is 1.37 bits per heavy atom. The van der Waals surface area contributed by atoms with Gasteiger partial charge in [0, 0.05) is 25.0 Å². The Bertz CT molecular complexity index is 563. The lowest BCUT2D eigenvalue weighted by Crippen LogP contribution is -2.24. The highest BCUT2D eigenvalue weighted by Crippen LogP contribution is 2.08. The van der Waals surface area contributed by atoms with Gasteiger partial charge in [0.1, 0.15) is 11.3 Å². The van der Waals surface area contributed by atoms with E-state index in [9.17, 15) is 4.79 Å². The molecule has 2 N–H and O–H groups in total. The molecule has 0 aromatic carbocycles. The predicted molar refractivity (Wildman–Crippen MR) is 73.2 cm³/mol. The minimum Gasteiger partial charge on any atom is -0.396 e. The number of aryl methyl sites for hydroxylation is 1. The van der Waals surface area contributed by atoms with Crippen LogP contribution in [0.1, 0.15) is 35.4 Å². The number of carbonyl (C=O) groups is 1. The lowest BCUT2D eigenvalue weighted by Gasteiger charge is -2.01. The number of nitrogens with zero attached hydrogens (tertiary/aromatic N) is 2. The molecule has 0 aliphatic heterocycles. The van der Waals surface area contributed by atoms with Crippen molar-refractivity contribution in [1.29, 1.82) is 0 Å². The fourth-order valence-corrected chi connectivity index (χ4v) is 1.96. The van der Waals surface area contributed by atoms with Gasteiger partial charge >= 0.3 is 0 Å². The summed E-state index contributed by atoms with van der Waals surface area (Å²) >= 11 is 0. The highest BCUT2D eigenvalue weighted by molar-refractivity contribution is 5.92. The molecule has 0 aliphatic rings. The molecule has 2 rings (SSSR count). The molecule has 2 heterocycles. The molecule has 2 aromatic heterocycles. The highest BCUT2D eigenvalue weighted by atomic mass is 16.2. The lowest BCUT2D eigenvalue weighted by molar-refractivity contribution is 0.0948. The number of aromatic nitrogens is 2. The minimum atomic E-state index is -0.146. The van der Waals surface area contributed by atoms with E-state index < -0.39 is 0 Å². The number of amides is 1. The average Bonchev–Trinajstić information content (AvgIpc) is 2.84. The second kappa shape index (κ2) is 6.33. The quantitative estimate of drug-likeness (QED) is 0.775. The largest absolute Gasteiger partial charge is 0.396 e. The van der Waals surface area contributed by atoms with Crippen LogP contribution in [0.4, 0.5) is 0 Å². The van der Waals surface area contributed by atoms with E-state index in [2.05, 4.69) is 10.3 Å². The van der Waals surface area contributed by atoms with Gasteiger partial charge in [0.05, 0.1) is 0 Å². The smallest absolute Gasteiger partial charge is 0.271 e. The van der Waals surface area contributed by atoms with Gasteiger partial charge in [-0.2, -0.15) is 0 Å². The predicted octanol–water partition coefficient (Wildman–Crippen LogP) is 1.54. The molecule has 0 atom stereocenters. The molecule has 0 saturated carbocycles. The fourth-order valence-electron chi connectivity index (χ4n) is 1.96. The third-order valence-corrected chi connectivity index (χ3v) is 3.05. The average molecular weight is 261 g/mol. The van der Waals surface area contributed by atoms with Crippen molar-refractivity contribution >= 4 is 11.6 Å². The lowest BCUT2D eigenvalue weighted by atomic mass is 10.2. The summed E-state index contributed by atoms with van der Waals surface area (Å²) in [5, 5.41) is 11.5. The van der Waals surface area contributed by atoms with E-state index in [1.54, 1.807) is 6.20 Å². The number of imidazole rings is 1. The van der Waals surface area contributed by atoms with Crippen LogP contribution in [0.25, 0.3) is 5.65 Å². The Kier molecular flexibility index (Phi) is 4.52. The number of hydrogen-bond donors (Lipinski definition) is 2. The standard InChI is InChI=1S/C14H19N3O2/c1-11-6-5-7-13-16-12(10-17(11)13)14(19)15-8-3-2-4-9-18/h5-7,10,18H,2-4,8-9H2,1H3,(H,15,19). The summed E-state index contributed by atoms with van der Waals surface area (Å²) in [5.74, 6) is -0.146. The zero-order valence-corrected chi connectivity index (χ0v) is 11.1. The van der Waals surface area contributed by atoms with Crippen LogP contribution in [-0.4, -0.2) is 33.6 Å². The van der Waals surface area contributed by atoms with Gasteiger partial charge in [-0.1, -0.05) is 6.07 Å². The maximum atomic E-state index is 11.9. The summed E-state index contributed by atoms with van der Waals surface area (Å²) in [6.07, 6.45) is 4.33. The van der Waals surface area contributed by atoms with Crippen LogP contribution in [0.15, 0.2) is 24.4 Å². The summed E-state index contributed by atoms with van der Waals surface area (Å²) in [7, 11) is 0. The van der Waals surface area contributed by atoms with E-state index in [0.29, 0.717) is 12.2 Å². The van der Waals surface area contributed by atoms with Crippen molar-refractivity contribution in [2.45, 2.75) is 26.2 Å². The van der Waals surface area contributed by atoms with E-state index in [4.69, 9.17) is 5.11 Å². The summed E-state index contributed by atoms with van der Waals surface area (Å²) in [6.45, 7) is 2.80. The molecule has 2 aromatic rings. The zero-order chi connectivity index (χ0) is 13.7. The molecular weight excluding hydrogens is 242 g/mol. The van der Waals surface area contributed by atoms with Gasteiger partial charge < -0.3 is 14.8 Å². The molecule has 0 spiro atoms. The Labute approximate surface area is 112 Å². The molecule has 1 amide bonds. The molecular formula is C14H19N3O2. The highest BCUT2D eigenvalue weighted by Gasteiger charge is 2.10. The van der Waals surface area contributed by atoms with Gasteiger partial charge in [0.15, 0.2) is 0 Å². The Morgan fingerprint density at radius 2 is 2.21 bits per heavy atom. The minimum absolute atomic E-state index is 0.146. The third kappa shape index (κ3) is 3.32. The number of hydrogen-bond acceptors (Lipinski definition) is 3.